The Hall–Kier alpha value is -2.36. The van der Waals surface area contributed by atoms with Crippen LogP contribution in [-0.4, -0.2) is 19.8 Å². The van der Waals surface area contributed by atoms with Crippen molar-refractivity contribution in [1.82, 2.24) is 14.8 Å². The summed E-state index contributed by atoms with van der Waals surface area (Å²) < 4.78 is 38.5. The molecule has 0 aliphatic rings. The molecule has 0 bridgehead atoms. The number of nitrogens with one attached hydrogen (secondary N) is 2. The zero-order valence-corrected chi connectivity index (χ0v) is 10.4. The van der Waals surface area contributed by atoms with Crippen LogP contribution in [0.3, 0.4) is 0 Å². The van der Waals surface area contributed by atoms with Crippen LogP contribution in [0.25, 0.3) is 5.69 Å². The highest BCUT2D eigenvalue weighted by atomic mass is 32.1. The lowest BCUT2D eigenvalue weighted by atomic mass is 10.1. The van der Waals surface area contributed by atoms with Crippen LogP contribution in [0.15, 0.2) is 27.8 Å². The Morgan fingerprint density at radius 2 is 1.75 bits per heavy atom. The van der Waals surface area contributed by atoms with E-state index in [-0.39, 0.29) is 16.2 Å². The number of aromatic amines is 2. The van der Waals surface area contributed by atoms with Crippen LogP contribution in [0.1, 0.15) is 11.1 Å². The predicted molar refractivity (Wildman–Crippen MR) is 67.9 cm³/mol. The predicted octanol–water partition coefficient (Wildman–Crippen LogP) is 0.507. The molecule has 0 saturated carbocycles. The van der Waals surface area contributed by atoms with Crippen molar-refractivity contribution >= 4 is 17.2 Å². The molecule has 1 heterocycles. The molecular weight excluding hydrogens is 297 g/mol. The van der Waals surface area contributed by atoms with Gasteiger partial charge in [-0.15, -0.1) is 0 Å². The number of benzene rings is 1. The SMILES string of the molecule is NC(=S)c1cc(C(F)(F)F)ccc1-n1c(=O)[nH][nH]c1=O. The standard InChI is InChI=1S/C10H7F3N4O2S/c11-10(12,13)4-1-2-6(5(3-4)7(14)20)17-8(18)15-16-9(17)19/h1-3H,(H2,14,20)(H,15,18)(H,16,19). The molecule has 1 aromatic carbocycles. The molecule has 0 saturated heterocycles. The van der Waals surface area contributed by atoms with Crippen LogP contribution >= 0.6 is 12.2 Å². The molecule has 0 spiro atoms. The Labute approximate surface area is 114 Å². The molecule has 0 fully saturated rings. The molecule has 0 radical (unpaired) electrons. The van der Waals surface area contributed by atoms with Crippen LogP contribution in [-0.2, 0) is 6.18 Å². The van der Waals surface area contributed by atoms with Crippen LogP contribution in [0.2, 0.25) is 0 Å². The van der Waals surface area contributed by atoms with E-state index in [1.165, 1.54) is 0 Å². The fourth-order valence-electron chi connectivity index (χ4n) is 1.63. The molecule has 10 heteroatoms. The molecule has 1 aromatic heterocycles. The maximum Gasteiger partial charge on any atom is 0.416 e. The molecule has 20 heavy (non-hydrogen) atoms. The van der Waals surface area contributed by atoms with Crippen LogP contribution in [0.4, 0.5) is 13.2 Å². The summed E-state index contributed by atoms with van der Waals surface area (Å²) in [6, 6.07) is 2.38. The first-order valence-electron chi connectivity index (χ1n) is 5.13. The molecule has 2 rings (SSSR count). The van der Waals surface area contributed by atoms with Crippen molar-refractivity contribution < 1.29 is 13.2 Å². The second-order valence-corrected chi connectivity index (χ2v) is 4.23. The van der Waals surface area contributed by atoms with E-state index in [1.54, 1.807) is 0 Å². The van der Waals surface area contributed by atoms with E-state index in [1.807, 2.05) is 10.2 Å². The Morgan fingerprint density at radius 1 is 1.20 bits per heavy atom. The molecule has 0 unspecified atom stereocenters. The number of nitrogens with two attached hydrogens (primary N) is 1. The number of aromatic nitrogens is 3. The van der Waals surface area contributed by atoms with Gasteiger partial charge in [-0.3, -0.25) is 0 Å². The topological polar surface area (TPSA) is 96.7 Å². The van der Waals surface area contributed by atoms with Crippen LogP contribution in [0, 0.1) is 0 Å². The van der Waals surface area contributed by atoms with Crippen molar-refractivity contribution in [2.24, 2.45) is 5.73 Å². The van der Waals surface area contributed by atoms with E-state index >= 15 is 0 Å². The highest BCUT2D eigenvalue weighted by Crippen LogP contribution is 2.31. The van der Waals surface area contributed by atoms with Gasteiger partial charge in [-0.2, -0.15) is 13.2 Å². The first-order chi connectivity index (χ1) is 9.21. The maximum atomic E-state index is 12.6. The fraction of sp³-hybridized carbons (Fsp3) is 0.100. The summed E-state index contributed by atoms with van der Waals surface area (Å²) >= 11 is 4.67. The lowest BCUT2D eigenvalue weighted by Crippen LogP contribution is -2.28. The van der Waals surface area contributed by atoms with E-state index in [4.69, 9.17) is 5.73 Å². The summed E-state index contributed by atoms with van der Waals surface area (Å²) in [7, 11) is 0. The number of halogens is 3. The minimum Gasteiger partial charge on any atom is -0.389 e. The second kappa shape index (κ2) is 4.63. The van der Waals surface area contributed by atoms with Crippen molar-refractivity contribution in [2.75, 3.05) is 0 Å². The molecule has 6 nitrogen and oxygen atoms in total. The van der Waals surface area contributed by atoms with Gasteiger partial charge in [0, 0.05) is 5.56 Å². The minimum absolute atomic E-state index is 0.127. The van der Waals surface area contributed by atoms with Gasteiger partial charge >= 0.3 is 17.6 Å². The average molecular weight is 304 g/mol. The van der Waals surface area contributed by atoms with E-state index in [2.05, 4.69) is 12.2 Å². The lowest BCUT2D eigenvalue weighted by molar-refractivity contribution is -0.137. The van der Waals surface area contributed by atoms with Gasteiger partial charge in [-0.1, -0.05) is 12.2 Å². The highest BCUT2D eigenvalue weighted by Gasteiger charge is 2.31. The number of hydrogen-bond acceptors (Lipinski definition) is 3. The van der Waals surface area contributed by atoms with Crippen LogP contribution in [0.5, 0.6) is 0 Å². The second-order valence-electron chi connectivity index (χ2n) is 3.79. The number of rotatable bonds is 2. The molecule has 0 aliphatic carbocycles. The van der Waals surface area contributed by atoms with Gasteiger partial charge in [-0.25, -0.2) is 24.4 Å². The summed E-state index contributed by atoms with van der Waals surface area (Å²) in [4.78, 5) is 22.6. The van der Waals surface area contributed by atoms with Gasteiger partial charge in [0.25, 0.3) is 0 Å². The molecule has 0 aliphatic heterocycles. The Kier molecular flexibility index (Phi) is 3.26. The van der Waals surface area contributed by atoms with Crippen molar-refractivity contribution in [2.45, 2.75) is 6.18 Å². The smallest absolute Gasteiger partial charge is 0.389 e. The first-order valence-corrected chi connectivity index (χ1v) is 5.54. The summed E-state index contributed by atoms with van der Waals surface area (Å²) in [6.45, 7) is 0. The monoisotopic (exact) mass is 304 g/mol. The maximum absolute atomic E-state index is 12.6. The number of H-pyrrole nitrogens is 2. The van der Waals surface area contributed by atoms with E-state index in [0.717, 1.165) is 12.1 Å². The van der Waals surface area contributed by atoms with Crippen molar-refractivity contribution in [3.63, 3.8) is 0 Å². The molecule has 0 amide bonds. The summed E-state index contributed by atoms with van der Waals surface area (Å²) in [5.41, 5.74) is 2.35. The zero-order chi connectivity index (χ0) is 15.1. The fourth-order valence-corrected chi connectivity index (χ4v) is 1.80. The van der Waals surface area contributed by atoms with Gasteiger partial charge in [0.15, 0.2) is 0 Å². The highest BCUT2D eigenvalue weighted by molar-refractivity contribution is 7.80. The molecule has 0 atom stereocenters. The molecule has 2 aromatic rings. The van der Waals surface area contributed by atoms with Gasteiger partial charge in [0.1, 0.15) is 4.99 Å². The van der Waals surface area contributed by atoms with Gasteiger partial charge in [0.05, 0.1) is 11.3 Å². The molecular formula is C10H7F3N4O2S. The van der Waals surface area contributed by atoms with Gasteiger partial charge < -0.3 is 5.73 Å². The minimum atomic E-state index is -4.59. The third-order valence-electron chi connectivity index (χ3n) is 2.51. The van der Waals surface area contributed by atoms with Crippen molar-refractivity contribution in [3.05, 3.63) is 50.3 Å². The normalized spacial score (nSPS) is 11.6. The van der Waals surface area contributed by atoms with E-state index < -0.39 is 23.1 Å². The third kappa shape index (κ3) is 2.37. The summed E-state index contributed by atoms with van der Waals surface area (Å²) in [6.07, 6.45) is -4.59. The quantitative estimate of drug-likeness (QED) is 0.704. The molecule has 4 N–H and O–H groups in total. The number of alkyl halides is 3. The third-order valence-corrected chi connectivity index (χ3v) is 2.73. The van der Waals surface area contributed by atoms with Gasteiger partial charge in [-0.05, 0) is 18.2 Å². The van der Waals surface area contributed by atoms with Crippen molar-refractivity contribution in [1.29, 1.82) is 0 Å². The van der Waals surface area contributed by atoms with Crippen LogP contribution < -0.4 is 17.1 Å². The number of hydrogen-bond donors (Lipinski definition) is 3. The Bertz CT molecular complexity index is 759. The van der Waals surface area contributed by atoms with Crippen molar-refractivity contribution in [3.8, 4) is 5.69 Å². The largest absolute Gasteiger partial charge is 0.416 e. The zero-order valence-electron chi connectivity index (χ0n) is 9.62. The summed E-state index contributed by atoms with van der Waals surface area (Å²) in [5, 5.41) is 4.02. The van der Waals surface area contributed by atoms with Gasteiger partial charge in [0.2, 0.25) is 0 Å². The van der Waals surface area contributed by atoms with E-state index in [9.17, 15) is 22.8 Å². The Balaban J connectivity index is 2.76. The Morgan fingerprint density at radius 3 is 2.20 bits per heavy atom. The molecule has 106 valence electrons. The summed E-state index contributed by atoms with van der Waals surface area (Å²) in [5.74, 6) is 0. The first kappa shape index (κ1) is 14.1. The lowest BCUT2D eigenvalue weighted by Gasteiger charge is -2.12. The number of nitrogens with zero attached hydrogens (tertiary/aromatic N) is 1. The van der Waals surface area contributed by atoms with E-state index in [0.29, 0.717) is 10.6 Å². The number of thiocarbonyl (C=S) groups is 1. The average Bonchev–Trinajstić information content (AvgIpc) is 2.67.